The van der Waals surface area contributed by atoms with E-state index in [1.807, 2.05) is 13.0 Å². The molecule has 0 radical (unpaired) electrons. The van der Waals surface area contributed by atoms with Gasteiger partial charge in [0.15, 0.2) is 17.5 Å². The molecule has 1 aliphatic carbocycles. The molecular weight excluding hydrogens is 512 g/mol. The van der Waals surface area contributed by atoms with E-state index in [0.29, 0.717) is 41.5 Å². The van der Waals surface area contributed by atoms with Crippen LogP contribution >= 0.6 is 15.9 Å². The topological polar surface area (TPSA) is 124 Å². The van der Waals surface area contributed by atoms with Crippen LogP contribution in [0.3, 0.4) is 0 Å². The molecule has 5 atom stereocenters. The van der Waals surface area contributed by atoms with Crippen LogP contribution in [-0.2, 0) is 20.6 Å². The third-order valence-corrected chi connectivity index (χ3v) is 8.68. The molecule has 9 nitrogen and oxygen atoms in total. The number of fused-ring (bicyclic) bond motifs is 6. The average molecular weight is 537 g/mol. The van der Waals surface area contributed by atoms with Gasteiger partial charge in [0.05, 0.1) is 18.1 Å². The summed E-state index contributed by atoms with van der Waals surface area (Å²) in [7, 11) is 2.92. The summed E-state index contributed by atoms with van der Waals surface area (Å²) in [4.78, 5) is 12.9. The van der Waals surface area contributed by atoms with Crippen LogP contribution in [0, 0.1) is 6.92 Å². The Labute approximate surface area is 203 Å². The molecule has 3 aliphatic heterocycles. The van der Waals surface area contributed by atoms with Gasteiger partial charge in [0, 0.05) is 35.4 Å². The van der Waals surface area contributed by atoms with Gasteiger partial charge in [-0.3, -0.25) is 4.79 Å². The number of aromatic hydroxyl groups is 1. The monoisotopic (exact) mass is 536 g/mol. The highest BCUT2D eigenvalue weighted by atomic mass is 79.9. The van der Waals surface area contributed by atoms with Crippen LogP contribution in [0.2, 0.25) is 0 Å². The van der Waals surface area contributed by atoms with Gasteiger partial charge in [0.25, 0.3) is 5.79 Å². The van der Waals surface area contributed by atoms with Gasteiger partial charge in [0.2, 0.25) is 5.79 Å². The Morgan fingerprint density at radius 3 is 2.68 bits per heavy atom. The summed E-state index contributed by atoms with van der Waals surface area (Å²) in [6.45, 7) is 1.25. The van der Waals surface area contributed by atoms with Crippen molar-refractivity contribution in [2.75, 3.05) is 26.2 Å². The number of hydrogen-bond donors (Lipinski definition) is 3. The average Bonchev–Trinajstić information content (AvgIpc) is 3.33. The van der Waals surface area contributed by atoms with Gasteiger partial charge in [-0.25, -0.2) is 0 Å². The zero-order valence-electron chi connectivity index (χ0n) is 18.9. The van der Waals surface area contributed by atoms with Crippen LogP contribution in [0.15, 0.2) is 6.07 Å². The number of aryl methyl sites for hydroxylation is 1. The molecule has 0 spiro atoms. The first kappa shape index (κ1) is 22.5. The Hall–Kier alpha value is -1.95. The van der Waals surface area contributed by atoms with Crippen molar-refractivity contribution in [1.82, 2.24) is 0 Å². The van der Waals surface area contributed by atoms with E-state index in [2.05, 4.69) is 15.9 Å². The molecule has 10 heteroatoms. The number of carbonyl (C=O) groups is 1. The number of ether oxygens (including phenoxy) is 5. The van der Waals surface area contributed by atoms with Crippen molar-refractivity contribution in [2.45, 2.75) is 55.6 Å². The number of rotatable bonds is 4. The van der Waals surface area contributed by atoms with Crippen molar-refractivity contribution in [3.8, 4) is 17.2 Å². The summed E-state index contributed by atoms with van der Waals surface area (Å²) in [5.74, 6) is -3.14. The molecule has 0 saturated carbocycles. The molecule has 2 saturated heterocycles. The summed E-state index contributed by atoms with van der Waals surface area (Å²) in [5.41, 5.74) is 0.360. The molecule has 4 aliphatic rings. The predicted molar refractivity (Wildman–Crippen MR) is 122 cm³/mol. The Morgan fingerprint density at radius 1 is 1.26 bits per heavy atom. The number of phenolic OH excluding ortho intramolecular Hbond substituents is 1. The lowest BCUT2D eigenvalue weighted by Gasteiger charge is -2.53. The van der Waals surface area contributed by atoms with E-state index >= 15 is 0 Å². The standard InChI is InChI=1S/C24H25BrO9/c1-10-7-12-16(17(28)15-11(18(12)30-2)5-4-6-13(15)27)19-14(10)20-21-24(31-3,33-19)22(29,8-25)23(9-26,32-20)34-21/h7,20-21,26,28-29H,4-6,8-9H2,1-3H3/t20?,21?,22-,23?,24-/m1/s1. The van der Waals surface area contributed by atoms with E-state index in [1.165, 1.54) is 14.2 Å². The van der Waals surface area contributed by atoms with Crippen molar-refractivity contribution < 1.29 is 43.8 Å². The summed E-state index contributed by atoms with van der Waals surface area (Å²) >= 11 is 3.31. The Bertz CT molecular complexity index is 1260. The maximum absolute atomic E-state index is 12.9. The van der Waals surface area contributed by atoms with Crippen LogP contribution in [0.5, 0.6) is 17.2 Å². The second-order valence-electron chi connectivity index (χ2n) is 9.33. The highest BCUT2D eigenvalue weighted by Gasteiger charge is 2.84. The van der Waals surface area contributed by atoms with Crippen molar-refractivity contribution in [3.05, 3.63) is 28.3 Å². The fourth-order valence-corrected chi connectivity index (χ4v) is 7.13. The lowest BCUT2D eigenvalue weighted by molar-refractivity contribution is -0.350. The highest BCUT2D eigenvalue weighted by Crippen LogP contribution is 2.66. The molecule has 2 fully saturated rings. The number of phenols is 1. The third-order valence-electron chi connectivity index (χ3n) is 7.87. The number of carbonyl (C=O) groups excluding carboxylic acids is 1. The van der Waals surface area contributed by atoms with Crippen LogP contribution in [0.25, 0.3) is 10.8 Å². The van der Waals surface area contributed by atoms with Crippen LogP contribution < -0.4 is 9.47 Å². The molecule has 2 aromatic rings. The van der Waals surface area contributed by atoms with E-state index in [0.717, 1.165) is 5.56 Å². The third kappa shape index (κ3) is 2.25. The largest absolute Gasteiger partial charge is 0.506 e. The Balaban J connectivity index is 1.72. The Morgan fingerprint density at radius 2 is 2.03 bits per heavy atom. The van der Waals surface area contributed by atoms with Gasteiger partial charge in [0.1, 0.15) is 30.0 Å². The van der Waals surface area contributed by atoms with Crippen LogP contribution in [-0.4, -0.2) is 70.5 Å². The summed E-state index contributed by atoms with van der Waals surface area (Å²) in [6.07, 6.45) is -0.0279. The first-order valence-corrected chi connectivity index (χ1v) is 12.3. The van der Waals surface area contributed by atoms with Gasteiger partial charge in [-0.05, 0) is 31.4 Å². The van der Waals surface area contributed by atoms with Crippen LogP contribution in [0.4, 0.5) is 0 Å². The number of hydrogen-bond acceptors (Lipinski definition) is 9. The molecular formula is C24H25BrO9. The fourth-order valence-electron chi connectivity index (χ4n) is 6.31. The first-order valence-electron chi connectivity index (χ1n) is 11.1. The summed E-state index contributed by atoms with van der Waals surface area (Å²) in [5, 5.41) is 34.2. The second kappa shape index (κ2) is 7.05. The van der Waals surface area contributed by atoms with E-state index in [-0.39, 0.29) is 33.6 Å². The molecule has 3 heterocycles. The number of aliphatic hydroxyl groups is 2. The molecule has 34 heavy (non-hydrogen) atoms. The highest BCUT2D eigenvalue weighted by molar-refractivity contribution is 9.09. The van der Waals surface area contributed by atoms with Crippen molar-refractivity contribution in [1.29, 1.82) is 0 Å². The van der Waals surface area contributed by atoms with Crippen molar-refractivity contribution in [3.63, 3.8) is 0 Å². The van der Waals surface area contributed by atoms with Gasteiger partial charge in [-0.1, -0.05) is 15.9 Å². The summed E-state index contributed by atoms with van der Waals surface area (Å²) < 4.78 is 30.3. The number of methoxy groups -OCH3 is 2. The minimum absolute atomic E-state index is 0.0834. The van der Waals surface area contributed by atoms with E-state index in [1.54, 1.807) is 0 Å². The number of Topliss-reactive ketones (excluding diaryl/α,β-unsaturated/α-hetero) is 1. The van der Waals surface area contributed by atoms with E-state index in [9.17, 15) is 20.1 Å². The minimum Gasteiger partial charge on any atom is -0.506 e. The quantitative estimate of drug-likeness (QED) is 0.505. The molecule has 182 valence electrons. The Kier molecular flexibility index (Phi) is 4.67. The van der Waals surface area contributed by atoms with Gasteiger partial charge < -0.3 is 39.0 Å². The minimum atomic E-state index is -1.93. The number of halogens is 1. The molecule has 3 N–H and O–H groups in total. The maximum atomic E-state index is 12.9. The molecule has 0 aromatic heterocycles. The maximum Gasteiger partial charge on any atom is 0.275 e. The van der Waals surface area contributed by atoms with Gasteiger partial charge in [-0.15, -0.1) is 0 Å². The zero-order chi connectivity index (χ0) is 24.2. The number of ketones is 1. The predicted octanol–water partition coefficient (Wildman–Crippen LogP) is 2.40. The normalized spacial score (nSPS) is 35.3. The van der Waals surface area contributed by atoms with Gasteiger partial charge >= 0.3 is 0 Å². The second-order valence-corrected chi connectivity index (χ2v) is 9.89. The number of alkyl halides is 1. The fraction of sp³-hybridized carbons (Fsp3) is 0.542. The van der Waals surface area contributed by atoms with Crippen molar-refractivity contribution >= 4 is 32.5 Å². The zero-order valence-corrected chi connectivity index (χ0v) is 20.5. The number of aliphatic hydroxyl groups excluding tert-OH is 1. The smallest absolute Gasteiger partial charge is 0.275 e. The SMILES string of the molecule is COc1c2c(c(O)c3c4c(c(C)cc13)C1OC3(CO)OC1[C@@](OC)(O4)[C@@]3(O)CBr)C(=O)CCC2. The molecule has 2 bridgehead atoms. The van der Waals surface area contributed by atoms with E-state index < -0.39 is 36.0 Å². The van der Waals surface area contributed by atoms with Crippen LogP contribution in [0.1, 0.15) is 46.0 Å². The molecule has 3 unspecified atom stereocenters. The molecule has 2 aromatic carbocycles. The van der Waals surface area contributed by atoms with Gasteiger partial charge in [-0.2, -0.15) is 0 Å². The first-order chi connectivity index (χ1) is 16.2. The van der Waals surface area contributed by atoms with E-state index in [4.69, 9.17) is 23.7 Å². The molecule has 0 amide bonds. The number of benzene rings is 2. The lowest BCUT2D eigenvalue weighted by atomic mass is 9.76. The lowest BCUT2D eigenvalue weighted by Crippen LogP contribution is -2.74. The molecule has 6 rings (SSSR count). The summed E-state index contributed by atoms with van der Waals surface area (Å²) in [6, 6.07) is 1.87. The van der Waals surface area contributed by atoms with Crippen molar-refractivity contribution in [2.24, 2.45) is 0 Å².